The van der Waals surface area contributed by atoms with E-state index in [1.807, 2.05) is 18.2 Å². The Kier molecular flexibility index (Phi) is 6.02. The van der Waals surface area contributed by atoms with Gasteiger partial charge >= 0.3 is 0 Å². The average Bonchev–Trinajstić information content (AvgIpc) is 2.69. The summed E-state index contributed by atoms with van der Waals surface area (Å²) in [6, 6.07) is 7.39. The molecule has 1 aliphatic rings. The van der Waals surface area contributed by atoms with Crippen molar-refractivity contribution < 1.29 is 4.79 Å². The van der Waals surface area contributed by atoms with Crippen molar-refractivity contribution in [3.05, 3.63) is 34.9 Å². The van der Waals surface area contributed by atoms with Gasteiger partial charge in [0.1, 0.15) is 0 Å². The van der Waals surface area contributed by atoms with Crippen LogP contribution in [0.25, 0.3) is 0 Å². The summed E-state index contributed by atoms with van der Waals surface area (Å²) in [7, 11) is 0. The van der Waals surface area contributed by atoms with Gasteiger partial charge in [0.25, 0.3) is 5.91 Å². The molecule has 0 unspecified atom stereocenters. The van der Waals surface area contributed by atoms with Crippen molar-refractivity contribution in [3.63, 3.8) is 0 Å². The van der Waals surface area contributed by atoms with Crippen LogP contribution in [0.5, 0.6) is 0 Å². The predicted molar refractivity (Wildman–Crippen MR) is 82.1 cm³/mol. The first-order chi connectivity index (χ1) is 9.75. The van der Waals surface area contributed by atoms with E-state index in [0.29, 0.717) is 11.6 Å². The van der Waals surface area contributed by atoms with Gasteiger partial charge in [0.2, 0.25) is 0 Å². The molecule has 1 amide bonds. The van der Waals surface area contributed by atoms with E-state index in [1.54, 1.807) is 12.3 Å². The summed E-state index contributed by atoms with van der Waals surface area (Å²) in [6.07, 6.45) is 6.46. The van der Waals surface area contributed by atoms with Crippen LogP contribution in [0.1, 0.15) is 31.2 Å². The molecule has 0 aromatic heterocycles. The summed E-state index contributed by atoms with van der Waals surface area (Å²) < 4.78 is 0. The van der Waals surface area contributed by atoms with E-state index >= 15 is 0 Å². The largest absolute Gasteiger partial charge is 0.294 e. The van der Waals surface area contributed by atoms with Gasteiger partial charge in [-0.2, -0.15) is 5.10 Å². The van der Waals surface area contributed by atoms with E-state index in [1.165, 1.54) is 25.7 Å². The fourth-order valence-corrected chi connectivity index (χ4v) is 2.47. The van der Waals surface area contributed by atoms with Crippen molar-refractivity contribution in [3.8, 4) is 0 Å². The van der Waals surface area contributed by atoms with Gasteiger partial charge in [-0.15, -0.1) is 0 Å². The second kappa shape index (κ2) is 8.02. The molecular formula is C15H20ClN3O. The number of halogens is 1. The molecule has 0 atom stereocenters. The molecule has 0 saturated carbocycles. The summed E-state index contributed by atoms with van der Waals surface area (Å²) in [5.74, 6) is -0.0739. The SMILES string of the molecule is O=C(CN1CCCCCC1)N/N=C/c1ccccc1Cl. The van der Waals surface area contributed by atoms with Crippen molar-refractivity contribution in [1.29, 1.82) is 0 Å². The van der Waals surface area contributed by atoms with Crippen LogP contribution in [0.3, 0.4) is 0 Å². The number of nitrogens with zero attached hydrogens (tertiary/aromatic N) is 2. The minimum Gasteiger partial charge on any atom is -0.294 e. The first kappa shape index (κ1) is 15.0. The van der Waals surface area contributed by atoms with Crippen molar-refractivity contribution in [2.75, 3.05) is 19.6 Å². The van der Waals surface area contributed by atoms with E-state index in [-0.39, 0.29) is 5.91 Å². The molecule has 0 aliphatic carbocycles. The third-order valence-corrected chi connectivity index (χ3v) is 3.71. The highest BCUT2D eigenvalue weighted by molar-refractivity contribution is 6.33. The molecule has 1 N–H and O–H groups in total. The molecule has 0 bridgehead atoms. The van der Waals surface area contributed by atoms with Gasteiger partial charge in [0.05, 0.1) is 12.8 Å². The lowest BCUT2D eigenvalue weighted by Gasteiger charge is -2.17. The molecular weight excluding hydrogens is 274 g/mol. The summed E-state index contributed by atoms with van der Waals surface area (Å²) in [4.78, 5) is 14.0. The fourth-order valence-electron chi connectivity index (χ4n) is 2.29. The quantitative estimate of drug-likeness (QED) is 0.685. The van der Waals surface area contributed by atoms with E-state index in [9.17, 15) is 4.79 Å². The normalized spacial score (nSPS) is 17.1. The summed E-state index contributed by atoms with van der Waals surface area (Å²) in [6.45, 7) is 2.42. The summed E-state index contributed by atoms with van der Waals surface area (Å²) in [5, 5.41) is 4.58. The maximum atomic E-state index is 11.8. The first-order valence-electron chi connectivity index (χ1n) is 7.04. The Bertz CT molecular complexity index is 468. The highest BCUT2D eigenvalue weighted by Crippen LogP contribution is 2.12. The Hall–Kier alpha value is -1.39. The molecule has 2 rings (SSSR count). The number of likely N-dealkylation sites (tertiary alicyclic amines) is 1. The Morgan fingerprint density at radius 2 is 1.95 bits per heavy atom. The molecule has 20 heavy (non-hydrogen) atoms. The van der Waals surface area contributed by atoms with Crippen molar-refractivity contribution in [2.24, 2.45) is 5.10 Å². The van der Waals surface area contributed by atoms with Gasteiger partial charge in [0.15, 0.2) is 0 Å². The number of hydrogen-bond donors (Lipinski definition) is 1. The Morgan fingerprint density at radius 3 is 2.65 bits per heavy atom. The van der Waals surface area contributed by atoms with Crippen molar-refractivity contribution >= 4 is 23.7 Å². The minimum absolute atomic E-state index is 0.0739. The van der Waals surface area contributed by atoms with Crippen LogP contribution in [0.2, 0.25) is 5.02 Å². The van der Waals surface area contributed by atoms with Crippen LogP contribution in [-0.2, 0) is 4.79 Å². The van der Waals surface area contributed by atoms with E-state index in [4.69, 9.17) is 11.6 Å². The molecule has 0 spiro atoms. The first-order valence-corrected chi connectivity index (χ1v) is 7.42. The van der Waals surface area contributed by atoms with Crippen LogP contribution in [0, 0.1) is 0 Å². The zero-order chi connectivity index (χ0) is 14.2. The van der Waals surface area contributed by atoms with Gasteiger partial charge in [0, 0.05) is 10.6 Å². The molecule has 0 radical (unpaired) electrons. The van der Waals surface area contributed by atoms with Gasteiger partial charge in [-0.05, 0) is 32.0 Å². The van der Waals surface area contributed by atoms with E-state index in [0.717, 1.165) is 18.7 Å². The van der Waals surface area contributed by atoms with E-state index < -0.39 is 0 Å². The Morgan fingerprint density at radius 1 is 1.25 bits per heavy atom. The van der Waals surface area contributed by atoms with Crippen LogP contribution >= 0.6 is 11.6 Å². The standard InChI is InChI=1S/C15H20ClN3O/c16-14-8-4-3-7-13(14)11-17-18-15(20)12-19-9-5-1-2-6-10-19/h3-4,7-8,11H,1-2,5-6,9-10,12H2,(H,18,20)/b17-11+. The second-order valence-corrected chi connectivity index (χ2v) is 5.41. The molecule has 4 nitrogen and oxygen atoms in total. The van der Waals surface area contributed by atoms with Crippen molar-refractivity contribution in [1.82, 2.24) is 10.3 Å². The number of hydrogen-bond acceptors (Lipinski definition) is 3. The average molecular weight is 294 g/mol. The third-order valence-electron chi connectivity index (χ3n) is 3.36. The van der Waals surface area contributed by atoms with Crippen LogP contribution in [0.4, 0.5) is 0 Å². The summed E-state index contributed by atoms with van der Waals surface area (Å²) >= 11 is 6.00. The molecule has 5 heteroatoms. The predicted octanol–water partition coefficient (Wildman–Crippen LogP) is 2.67. The van der Waals surface area contributed by atoms with Gasteiger partial charge in [-0.25, -0.2) is 5.43 Å². The van der Waals surface area contributed by atoms with Gasteiger partial charge < -0.3 is 0 Å². The van der Waals surface area contributed by atoms with E-state index in [2.05, 4.69) is 15.4 Å². The van der Waals surface area contributed by atoms with Crippen LogP contribution < -0.4 is 5.43 Å². The molecule has 1 heterocycles. The lowest BCUT2D eigenvalue weighted by molar-refractivity contribution is -0.122. The minimum atomic E-state index is -0.0739. The number of rotatable bonds is 4. The lowest BCUT2D eigenvalue weighted by Crippen LogP contribution is -2.35. The molecule has 108 valence electrons. The van der Waals surface area contributed by atoms with Crippen LogP contribution in [-0.4, -0.2) is 36.7 Å². The zero-order valence-corrected chi connectivity index (χ0v) is 12.3. The smallest absolute Gasteiger partial charge is 0.254 e. The second-order valence-electron chi connectivity index (χ2n) is 5.01. The summed E-state index contributed by atoms with van der Waals surface area (Å²) in [5.41, 5.74) is 3.35. The monoisotopic (exact) mass is 293 g/mol. The number of hydrazone groups is 1. The highest BCUT2D eigenvalue weighted by atomic mass is 35.5. The molecule has 1 aromatic carbocycles. The zero-order valence-electron chi connectivity index (χ0n) is 11.5. The Balaban J connectivity index is 1.78. The van der Waals surface area contributed by atoms with Crippen LogP contribution in [0.15, 0.2) is 29.4 Å². The maximum Gasteiger partial charge on any atom is 0.254 e. The topological polar surface area (TPSA) is 44.7 Å². The van der Waals surface area contributed by atoms with Gasteiger partial charge in [-0.3, -0.25) is 9.69 Å². The number of benzene rings is 1. The van der Waals surface area contributed by atoms with Crippen molar-refractivity contribution in [2.45, 2.75) is 25.7 Å². The third kappa shape index (κ3) is 4.94. The molecule has 1 saturated heterocycles. The molecule has 1 aliphatic heterocycles. The fraction of sp³-hybridized carbons (Fsp3) is 0.467. The maximum absolute atomic E-state index is 11.8. The van der Waals surface area contributed by atoms with Gasteiger partial charge in [-0.1, -0.05) is 42.6 Å². The highest BCUT2D eigenvalue weighted by Gasteiger charge is 2.12. The number of carbonyl (C=O) groups is 1. The number of carbonyl (C=O) groups excluding carboxylic acids is 1. The number of nitrogens with one attached hydrogen (secondary N) is 1. The number of amides is 1. The molecule has 1 aromatic rings. The lowest BCUT2D eigenvalue weighted by atomic mass is 10.2. The molecule has 1 fully saturated rings. The Labute approximate surface area is 124 Å².